The van der Waals surface area contributed by atoms with Gasteiger partial charge in [-0.15, -0.1) is 0 Å². The Bertz CT molecular complexity index is 1600. The highest BCUT2D eigenvalue weighted by atomic mass is 35.5. The van der Waals surface area contributed by atoms with E-state index in [2.05, 4.69) is 4.98 Å². The van der Waals surface area contributed by atoms with E-state index in [-0.39, 0.29) is 27.8 Å². The van der Waals surface area contributed by atoms with Crippen LogP contribution in [-0.4, -0.2) is 30.5 Å². The van der Waals surface area contributed by atoms with Gasteiger partial charge in [0.15, 0.2) is 16.6 Å². The highest BCUT2D eigenvalue weighted by Crippen LogP contribution is 2.45. The lowest BCUT2D eigenvalue weighted by Crippen LogP contribution is -2.04. The number of benzene rings is 2. The van der Waals surface area contributed by atoms with E-state index in [0.29, 0.717) is 26.6 Å². The molecule has 5 aromatic rings. The number of hydrogen-bond acceptors (Lipinski definition) is 8. The Hall–Kier alpha value is -4.15. The summed E-state index contributed by atoms with van der Waals surface area (Å²) in [6, 6.07) is 13.8. The number of aromatic nitrogens is 2. The van der Waals surface area contributed by atoms with E-state index in [0.717, 1.165) is 11.3 Å². The fourth-order valence-corrected chi connectivity index (χ4v) is 4.75. The molecule has 5 rings (SSSR count). The molecule has 34 heavy (non-hydrogen) atoms. The molecule has 0 saturated heterocycles. The minimum absolute atomic E-state index is 0.0138. The van der Waals surface area contributed by atoms with Crippen LogP contribution < -0.4 is 0 Å². The zero-order chi connectivity index (χ0) is 24.1. The second-order valence-corrected chi connectivity index (χ2v) is 8.83. The Morgan fingerprint density at radius 2 is 1.88 bits per heavy atom. The molecule has 3 heterocycles. The second-order valence-electron chi connectivity index (χ2n) is 7.38. The standard InChI is InChI=1S/C23H14ClN3O6S/c1-11-2-9-16(33-11)20(28)18-19(12-3-5-13(24)6-4-12)26(22(30)21(18)29)23-25-15-8-7-14(27(31)32)10-17(15)34-23/h2-10,29-30H,1H3. The maximum Gasteiger partial charge on any atom is 0.270 e. The van der Waals surface area contributed by atoms with E-state index in [9.17, 15) is 25.1 Å². The van der Waals surface area contributed by atoms with Crippen molar-refractivity contribution in [2.75, 3.05) is 0 Å². The van der Waals surface area contributed by atoms with Crippen molar-refractivity contribution < 1.29 is 24.3 Å². The molecule has 0 aliphatic carbocycles. The van der Waals surface area contributed by atoms with Crippen molar-refractivity contribution in [3.05, 3.63) is 86.8 Å². The molecular formula is C23H14ClN3O6S. The topological polar surface area (TPSA) is 132 Å². The number of rotatable bonds is 5. The number of ketones is 1. The number of non-ortho nitro benzene ring substituents is 1. The lowest BCUT2D eigenvalue weighted by molar-refractivity contribution is -0.384. The summed E-state index contributed by atoms with van der Waals surface area (Å²) in [6.45, 7) is 1.68. The number of nitro groups is 1. The number of hydrogen-bond donors (Lipinski definition) is 2. The van der Waals surface area contributed by atoms with Crippen molar-refractivity contribution in [3.8, 4) is 28.0 Å². The summed E-state index contributed by atoms with van der Waals surface area (Å²) in [5.74, 6) is -1.40. The molecule has 0 amide bonds. The third-order valence-corrected chi connectivity index (χ3v) is 6.45. The molecule has 3 aromatic heterocycles. The van der Waals surface area contributed by atoms with Crippen LogP contribution in [0.25, 0.3) is 26.6 Å². The summed E-state index contributed by atoms with van der Waals surface area (Å²) in [4.78, 5) is 28.4. The number of thiazole rings is 1. The predicted octanol–water partition coefficient (Wildman–Crippen LogP) is 5.86. The monoisotopic (exact) mass is 495 g/mol. The number of fused-ring (bicyclic) bond motifs is 1. The Morgan fingerprint density at radius 3 is 2.53 bits per heavy atom. The van der Waals surface area contributed by atoms with Crippen molar-refractivity contribution >= 4 is 44.6 Å². The molecule has 0 radical (unpaired) electrons. The van der Waals surface area contributed by atoms with Gasteiger partial charge in [-0.05, 0) is 42.8 Å². The number of nitrogens with zero attached hydrogens (tertiary/aromatic N) is 3. The van der Waals surface area contributed by atoms with Gasteiger partial charge < -0.3 is 14.6 Å². The Balaban J connectivity index is 1.79. The van der Waals surface area contributed by atoms with Crippen LogP contribution in [0.3, 0.4) is 0 Å². The van der Waals surface area contributed by atoms with Crippen molar-refractivity contribution in [3.63, 3.8) is 0 Å². The highest BCUT2D eigenvalue weighted by molar-refractivity contribution is 7.20. The van der Waals surface area contributed by atoms with E-state index in [1.54, 1.807) is 37.3 Å². The maximum absolute atomic E-state index is 13.3. The summed E-state index contributed by atoms with van der Waals surface area (Å²) in [5, 5.41) is 33.5. The normalized spacial score (nSPS) is 11.2. The third-order valence-electron chi connectivity index (χ3n) is 5.19. The molecule has 0 aliphatic rings. The number of carbonyl (C=O) groups excluding carboxylic acids is 1. The van der Waals surface area contributed by atoms with Crippen LogP contribution in [0.2, 0.25) is 5.02 Å². The zero-order valence-corrected chi connectivity index (χ0v) is 18.9. The molecule has 2 N–H and O–H groups in total. The van der Waals surface area contributed by atoms with Gasteiger partial charge in [0.2, 0.25) is 11.7 Å². The van der Waals surface area contributed by atoms with Crippen LogP contribution in [0.5, 0.6) is 11.6 Å². The molecule has 0 atom stereocenters. The van der Waals surface area contributed by atoms with Crippen LogP contribution in [0.15, 0.2) is 59.0 Å². The van der Waals surface area contributed by atoms with Gasteiger partial charge in [-0.2, -0.15) is 0 Å². The fourth-order valence-electron chi connectivity index (χ4n) is 3.62. The van der Waals surface area contributed by atoms with Gasteiger partial charge in [0.05, 0.1) is 26.4 Å². The smallest absolute Gasteiger partial charge is 0.270 e. The predicted molar refractivity (Wildman–Crippen MR) is 126 cm³/mol. The summed E-state index contributed by atoms with van der Waals surface area (Å²) in [7, 11) is 0. The van der Waals surface area contributed by atoms with Gasteiger partial charge in [0.25, 0.3) is 5.69 Å². The second kappa shape index (κ2) is 8.01. The molecule has 0 aliphatic heterocycles. The van der Waals surface area contributed by atoms with Gasteiger partial charge in [-0.3, -0.25) is 19.5 Å². The van der Waals surface area contributed by atoms with Gasteiger partial charge in [-0.1, -0.05) is 35.1 Å². The number of halogens is 1. The molecule has 9 nitrogen and oxygen atoms in total. The molecular weight excluding hydrogens is 482 g/mol. The minimum atomic E-state index is -0.644. The van der Waals surface area contributed by atoms with E-state index in [4.69, 9.17) is 16.0 Å². The number of aromatic hydroxyl groups is 2. The van der Waals surface area contributed by atoms with Crippen molar-refractivity contribution in [2.24, 2.45) is 0 Å². The molecule has 0 spiro atoms. The van der Waals surface area contributed by atoms with Crippen LogP contribution in [0, 0.1) is 17.0 Å². The fraction of sp³-hybridized carbons (Fsp3) is 0.0435. The average molecular weight is 496 g/mol. The minimum Gasteiger partial charge on any atom is -0.503 e. The van der Waals surface area contributed by atoms with Crippen LogP contribution in [0.4, 0.5) is 5.69 Å². The van der Waals surface area contributed by atoms with E-state index in [1.807, 2.05) is 0 Å². The number of aryl methyl sites for hydroxylation is 1. The Labute approximate surface area is 200 Å². The van der Waals surface area contributed by atoms with Gasteiger partial charge >= 0.3 is 0 Å². The summed E-state index contributed by atoms with van der Waals surface area (Å²) in [5.41, 5.74) is 0.801. The zero-order valence-electron chi connectivity index (χ0n) is 17.4. The van der Waals surface area contributed by atoms with Gasteiger partial charge in [0, 0.05) is 17.2 Å². The molecule has 0 fully saturated rings. The first kappa shape index (κ1) is 21.7. The summed E-state index contributed by atoms with van der Waals surface area (Å²) < 4.78 is 7.18. The third kappa shape index (κ3) is 3.49. The number of nitro benzene ring substituents is 1. The molecule has 0 unspecified atom stereocenters. The molecule has 0 bridgehead atoms. The SMILES string of the molecule is Cc1ccc(C(=O)c2c(O)c(O)n(-c3nc4ccc([N+](=O)[O-])cc4s3)c2-c2ccc(Cl)cc2)o1. The first-order chi connectivity index (χ1) is 16.2. The number of carbonyl (C=O) groups is 1. The molecule has 11 heteroatoms. The number of furan rings is 1. The largest absolute Gasteiger partial charge is 0.503 e. The van der Waals surface area contributed by atoms with Crippen LogP contribution in [0.1, 0.15) is 21.9 Å². The molecule has 2 aromatic carbocycles. The van der Waals surface area contributed by atoms with E-state index < -0.39 is 22.3 Å². The lowest BCUT2D eigenvalue weighted by atomic mass is 10.0. The Morgan fingerprint density at radius 1 is 1.15 bits per heavy atom. The van der Waals surface area contributed by atoms with Crippen LogP contribution in [-0.2, 0) is 0 Å². The highest BCUT2D eigenvalue weighted by Gasteiger charge is 2.32. The quantitative estimate of drug-likeness (QED) is 0.177. The maximum atomic E-state index is 13.3. The molecule has 0 saturated carbocycles. The van der Waals surface area contributed by atoms with Crippen molar-refractivity contribution in [2.45, 2.75) is 6.92 Å². The molecule has 170 valence electrons. The average Bonchev–Trinajstić information content (AvgIpc) is 3.49. The van der Waals surface area contributed by atoms with Crippen molar-refractivity contribution in [1.82, 2.24) is 9.55 Å². The first-order valence-corrected chi connectivity index (χ1v) is 11.0. The van der Waals surface area contributed by atoms with E-state index in [1.165, 1.54) is 28.8 Å². The van der Waals surface area contributed by atoms with Crippen LogP contribution >= 0.6 is 22.9 Å². The van der Waals surface area contributed by atoms with Crippen molar-refractivity contribution in [1.29, 1.82) is 0 Å². The van der Waals surface area contributed by atoms with Gasteiger partial charge in [0.1, 0.15) is 5.76 Å². The summed E-state index contributed by atoms with van der Waals surface area (Å²) >= 11 is 7.09. The lowest BCUT2D eigenvalue weighted by Gasteiger charge is -2.09. The Kier molecular flexibility index (Phi) is 5.11. The van der Waals surface area contributed by atoms with Gasteiger partial charge in [-0.25, -0.2) is 4.98 Å². The first-order valence-electron chi connectivity index (χ1n) is 9.83. The summed E-state index contributed by atoms with van der Waals surface area (Å²) in [6.07, 6.45) is 0. The van der Waals surface area contributed by atoms with E-state index >= 15 is 0 Å².